The summed E-state index contributed by atoms with van der Waals surface area (Å²) in [6.07, 6.45) is -4.48. The molecule has 1 aliphatic carbocycles. The minimum absolute atomic E-state index is 0.0282. The van der Waals surface area contributed by atoms with Gasteiger partial charge >= 0.3 is 18.4 Å². The van der Waals surface area contributed by atoms with Crippen molar-refractivity contribution >= 4 is 41.1 Å². The van der Waals surface area contributed by atoms with Crippen molar-refractivity contribution in [1.29, 1.82) is 0 Å². The highest BCUT2D eigenvalue weighted by atomic mass is 19.4. The minimum atomic E-state index is -5.15. The van der Waals surface area contributed by atoms with Gasteiger partial charge in [-0.05, 0) is 168 Å². The minimum Gasteiger partial charge on any atom is -0.465 e. The molecule has 0 unspecified atom stereocenters. The first-order valence-electron chi connectivity index (χ1n) is 34.3. The molecule has 0 aromatic heterocycles. The monoisotopic (exact) mass is 1370 g/mol. The zero-order valence-electron chi connectivity index (χ0n) is 56.6. The number of hydrogen-bond donors (Lipinski definition) is 2. The molecule has 530 valence electrons. The Kier molecular flexibility index (Phi) is 23.9. The largest absolute Gasteiger partial charge is 0.465 e. The standard InChI is InChI=1S/C76H89F7N8O8/c1-53(2)90(71(95)55-23-29-62(30-24-55)84-36-14-6-9-22-68(92)86(4)44-45-87-39-31-63(32-40-87)91(72(96)97)66-21-13-11-19-64(66)54-16-7-5-8-17-54)38-15-37-85(3)69(93)50-98-67-48-56-18-10-12-20-65(56)73(67)33-41-88(42-34-73)43-35-74(58-25-27-61(77)28-26-58)51-89(52-99-74)70(94)57-46-59(75(78,79)80)49-60(47-57)76(81,82)83/h5,7-8,10-13,16-21,23-30,46-47,49,53,63,67,84H,6,9,14-15,22,31-45,48,50-52H2,1-4H3,(H,96,97)/t67-,74-/m0/s1. The van der Waals surface area contributed by atoms with Crippen LogP contribution in [0.3, 0.4) is 0 Å². The number of unbranched alkanes of at least 4 members (excludes halogenated alkanes) is 2. The van der Waals surface area contributed by atoms with Gasteiger partial charge < -0.3 is 49.3 Å². The van der Waals surface area contributed by atoms with Gasteiger partial charge in [0.15, 0.2) is 0 Å². The quantitative estimate of drug-likeness (QED) is 0.0373. The molecule has 16 nitrogen and oxygen atoms in total. The van der Waals surface area contributed by atoms with Crippen LogP contribution in [0.2, 0.25) is 0 Å². The van der Waals surface area contributed by atoms with Gasteiger partial charge in [-0.15, -0.1) is 0 Å². The van der Waals surface area contributed by atoms with Crippen LogP contribution in [-0.2, 0) is 48.9 Å². The van der Waals surface area contributed by atoms with E-state index < -0.39 is 64.6 Å². The van der Waals surface area contributed by atoms with Gasteiger partial charge in [0.05, 0.1) is 29.5 Å². The van der Waals surface area contributed by atoms with Crippen LogP contribution in [-0.4, -0.2) is 182 Å². The first kappa shape index (κ1) is 73.3. The average Bonchev–Trinajstić information content (AvgIpc) is 1.60. The second kappa shape index (κ2) is 32.3. The second-order valence-electron chi connectivity index (χ2n) is 27.0. The fraction of sp³-hybridized carbons (Fsp3) is 0.461. The van der Waals surface area contributed by atoms with Crippen molar-refractivity contribution < 1.29 is 69.3 Å². The normalized spacial score (nSPS) is 18.1. The maximum Gasteiger partial charge on any atom is 0.416 e. The van der Waals surface area contributed by atoms with Crippen molar-refractivity contribution in [3.63, 3.8) is 0 Å². The molecule has 23 heteroatoms. The summed E-state index contributed by atoms with van der Waals surface area (Å²) < 4.78 is 110. The molecule has 3 saturated heterocycles. The van der Waals surface area contributed by atoms with Gasteiger partial charge in [-0.3, -0.25) is 24.1 Å². The lowest BCUT2D eigenvalue weighted by molar-refractivity contribution is -0.143. The van der Waals surface area contributed by atoms with E-state index in [1.54, 1.807) is 21.7 Å². The Morgan fingerprint density at radius 2 is 1.32 bits per heavy atom. The Morgan fingerprint density at radius 3 is 1.99 bits per heavy atom. The topological polar surface area (TPSA) is 159 Å². The number of likely N-dealkylation sites (tertiary alicyclic amines) is 2. The summed E-state index contributed by atoms with van der Waals surface area (Å²) in [7, 11) is 3.57. The van der Waals surface area contributed by atoms with Crippen LogP contribution < -0.4 is 10.2 Å². The molecule has 0 saturated carbocycles. The van der Waals surface area contributed by atoms with Crippen LogP contribution in [0.1, 0.15) is 127 Å². The van der Waals surface area contributed by atoms with E-state index in [1.807, 2.05) is 112 Å². The molecule has 6 aromatic carbocycles. The SMILES string of the molecule is CC(C)N(CCCN(C)C(=O)CO[C@H]1Cc2ccccc2C12CCN(CC[C@@]1(c3ccc(F)cc3)CN(C(=O)c3cc(C(F)(F)F)cc(C(F)(F)F)c3)CO1)CC2)C(=O)c1ccc(NCCCCCC(=O)N(C)CCN2CCC(N(C(=O)O)c3ccccc3-c3ccccc3)CC2)cc1. The number of benzene rings is 6. The van der Waals surface area contributed by atoms with Gasteiger partial charge in [0.1, 0.15) is 24.8 Å². The molecule has 99 heavy (non-hydrogen) atoms. The summed E-state index contributed by atoms with van der Waals surface area (Å²) in [5, 5.41) is 13.8. The molecule has 3 fully saturated rings. The maximum absolute atomic E-state index is 14.3. The number of para-hydroxylation sites is 1. The number of alkyl halides is 6. The first-order valence-corrected chi connectivity index (χ1v) is 34.3. The highest BCUT2D eigenvalue weighted by Gasteiger charge is 2.50. The molecule has 3 heterocycles. The number of likely N-dealkylation sites (N-methyl/N-ethyl adjacent to an activating group) is 2. The van der Waals surface area contributed by atoms with Gasteiger partial charge in [-0.1, -0.05) is 91.3 Å². The predicted octanol–water partition coefficient (Wildman–Crippen LogP) is 13.7. The molecule has 4 aliphatic rings. The number of carbonyl (C=O) groups excluding carboxylic acids is 4. The molecule has 10 rings (SSSR count). The highest BCUT2D eigenvalue weighted by Crippen LogP contribution is 2.49. The predicted molar refractivity (Wildman–Crippen MR) is 365 cm³/mol. The third kappa shape index (κ3) is 18.0. The Hall–Kier alpha value is -8.38. The molecular formula is C76H89F7N8O8. The number of fused-ring (bicyclic) bond motifs is 2. The molecule has 0 radical (unpaired) electrons. The Morgan fingerprint density at radius 1 is 0.687 bits per heavy atom. The van der Waals surface area contributed by atoms with E-state index in [-0.39, 0.29) is 61.5 Å². The number of amides is 5. The summed E-state index contributed by atoms with van der Waals surface area (Å²) in [6, 6.07) is 39.0. The van der Waals surface area contributed by atoms with Gasteiger partial charge in [0.2, 0.25) is 11.8 Å². The summed E-state index contributed by atoms with van der Waals surface area (Å²) in [5.41, 5.74) is 1.08. The molecule has 2 N–H and O–H groups in total. The third-order valence-electron chi connectivity index (χ3n) is 20.3. The summed E-state index contributed by atoms with van der Waals surface area (Å²) in [6.45, 7) is 9.08. The number of nitrogens with one attached hydrogen (secondary N) is 1. The van der Waals surface area contributed by atoms with Crippen molar-refractivity contribution in [3.05, 3.63) is 190 Å². The van der Waals surface area contributed by atoms with Gasteiger partial charge in [-0.25, -0.2) is 9.18 Å². The third-order valence-corrected chi connectivity index (χ3v) is 20.3. The zero-order chi connectivity index (χ0) is 70.7. The summed E-state index contributed by atoms with van der Waals surface area (Å²) in [5.74, 6) is -1.81. The van der Waals surface area contributed by atoms with Crippen LogP contribution in [0.15, 0.2) is 146 Å². The van der Waals surface area contributed by atoms with Crippen molar-refractivity contribution in [3.8, 4) is 11.1 Å². The molecule has 5 amide bonds. The fourth-order valence-corrected chi connectivity index (χ4v) is 14.5. The number of halogens is 7. The van der Waals surface area contributed by atoms with Crippen molar-refractivity contribution in [1.82, 2.24) is 29.4 Å². The number of anilines is 2. The number of carbonyl (C=O) groups is 5. The number of carboxylic acid groups (broad SMARTS) is 1. The number of nitrogens with zero attached hydrogens (tertiary/aromatic N) is 7. The molecule has 1 spiro atoms. The smallest absolute Gasteiger partial charge is 0.416 e. The van der Waals surface area contributed by atoms with E-state index >= 15 is 0 Å². The van der Waals surface area contributed by atoms with Crippen LogP contribution in [0.25, 0.3) is 11.1 Å². The summed E-state index contributed by atoms with van der Waals surface area (Å²) >= 11 is 0. The molecular weight excluding hydrogens is 1290 g/mol. The molecule has 2 atom stereocenters. The molecule has 3 aliphatic heterocycles. The van der Waals surface area contributed by atoms with Gasteiger partial charge in [0, 0.05) is 113 Å². The number of piperidine rings is 2. The maximum atomic E-state index is 14.3. The second-order valence-corrected chi connectivity index (χ2v) is 27.0. The lowest BCUT2D eigenvalue weighted by Gasteiger charge is -2.44. The van der Waals surface area contributed by atoms with Crippen molar-refractivity contribution in [2.45, 2.75) is 126 Å². The zero-order valence-corrected chi connectivity index (χ0v) is 56.6. The number of rotatable bonds is 27. The van der Waals surface area contributed by atoms with Crippen LogP contribution in [0, 0.1) is 5.82 Å². The average molecular weight is 1380 g/mol. The lowest BCUT2D eigenvalue weighted by atomic mass is 9.72. The highest BCUT2D eigenvalue weighted by molar-refractivity contribution is 5.96. The van der Waals surface area contributed by atoms with Gasteiger partial charge in [-0.2, -0.15) is 26.3 Å². The molecule has 6 aromatic rings. The number of hydrogen-bond acceptors (Lipinski definition) is 10. The Bertz CT molecular complexity index is 3700. The van der Waals surface area contributed by atoms with Crippen molar-refractivity contribution in [2.24, 2.45) is 0 Å². The van der Waals surface area contributed by atoms with Crippen molar-refractivity contribution in [2.75, 3.05) is 110 Å². The van der Waals surface area contributed by atoms with E-state index in [2.05, 4.69) is 27.2 Å². The van der Waals surface area contributed by atoms with Gasteiger partial charge in [0.25, 0.3) is 11.8 Å². The first-order chi connectivity index (χ1) is 47.3. The van der Waals surface area contributed by atoms with Crippen LogP contribution in [0.4, 0.5) is 46.9 Å². The number of ether oxygens (including phenoxy) is 2. The molecule has 0 bridgehead atoms. The van der Waals surface area contributed by atoms with E-state index in [0.717, 1.165) is 71.7 Å². The van der Waals surface area contributed by atoms with E-state index in [0.29, 0.717) is 120 Å². The van der Waals surface area contributed by atoms with E-state index in [1.165, 1.54) is 29.2 Å². The van der Waals surface area contributed by atoms with E-state index in [4.69, 9.17) is 9.47 Å². The van der Waals surface area contributed by atoms with Crippen LogP contribution in [0.5, 0.6) is 0 Å². The lowest BCUT2D eigenvalue weighted by Crippen LogP contribution is -2.50. The summed E-state index contributed by atoms with van der Waals surface area (Å²) in [4.78, 5) is 79.6. The Labute approximate surface area is 574 Å². The van der Waals surface area contributed by atoms with Crippen LogP contribution >= 0.6 is 0 Å². The van der Waals surface area contributed by atoms with E-state index in [9.17, 15) is 59.8 Å². The fourth-order valence-electron chi connectivity index (χ4n) is 14.5. The Balaban J connectivity index is 0.630.